The van der Waals surface area contributed by atoms with Crippen LogP contribution in [-0.2, 0) is 38.2 Å². The molecule has 17 heteroatoms. The van der Waals surface area contributed by atoms with E-state index in [2.05, 4.69) is 15.0 Å². The molecule has 0 aliphatic heterocycles. The summed E-state index contributed by atoms with van der Waals surface area (Å²) in [5.41, 5.74) is -0.861. The fraction of sp³-hybridized carbons (Fsp3) is 0.824. The first-order valence-corrected chi connectivity index (χ1v) is 9.98. The lowest BCUT2D eigenvalue weighted by molar-refractivity contribution is -0.758. The molecule has 0 rings (SSSR count). The predicted molar refractivity (Wildman–Crippen MR) is 107 cm³/mol. The summed E-state index contributed by atoms with van der Waals surface area (Å²) in [5.74, 6) is -0.942. The van der Waals surface area contributed by atoms with Gasteiger partial charge in [0.25, 0.3) is 10.2 Å². The highest BCUT2D eigenvalue weighted by atomic mass is 17.0. The molecule has 1 N–H and O–H groups in total. The van der Waals surface area contributed by atoms with Gasteiger partial charge in [0, 0.05) is 0 Å². The fourth-order valence-corrected chi connectivity index (χ4v) is 1.88. The molecule has 196 valence electrons. The summed E-state index contributed by atoms with van der Waals surface area (Å²) >= 11 is 0. The third-order valence-corrected chi connectivity index (χ3v) is 3.19. The van der Waals surface area contributed by atoms with E-state index < -0.39 is 46.6 Å². The van der Waals surface area contributed by atoms with E-state index in [1.807, 2.05) is 0 Å². The van der Waals surface area contributed by atoms with Crippen LogP contribution in [0.2, 0.25) is 0 Å². The van der Waals surface area contributed by atoms with Crippen molar-refractivity contribution < 1.29 is 57.9 Å². The first-order chi connectivity index (χ1) is 15.9. The summed E-state index contributed by atoms with van der Waals surface area (Å²) in [7, 11) is 0. The zero-order valence-corrected chi connectivity index (χ0v) is 19.1. The van der Waals surface area contributed by atoms with E-state index in [0.717, 1.165) is 0 Å². The average molecular weight is 499 g/mol. The minimum Gasteiger partial charge on any atom is -0.464 e. The lowest BCUT2D eigenvalue weighted by atomic mass is 10.2. The Hall–Kier alpha value is -3.63. The highest BCUT2D eigenvalue weighted by molar-refractivity contribution is 5.81. The quantitative estimate of drug-likeness (QED) is 0.0962. The van der Waals surface area contributed by atoms with Crippen molar-refractivity contribution in [3.63, 3.8) is 0 Å². The fourth-order valence-electron chi connectivity index (χ4n) is 1.88. The molecule has 0 aromatic rings. The van der Waals surface area contributed by atoms with Crippen molar-refractivity contribution in [2.24, 2.45) is 0 Å². The van der Waals surface area contributed by atoms with Crippen LogP contribution >= 0.6 is 0 Å². The van der Waals surface area contributed by atoms with Gasteiger partial charge in [0.1, 0.15) is 25.4 Å². The van der Waals surface area contributed by atoms with Crippen molar-refractivity contribution in [3.8, 4) is 0 Å². The van der Waals surface area contributed by atoms with Crippen molar-refractivity contribution in [1.82, 2.24) is 5.32 Å². The summed E-state index contributed by atoms with van der Waals surface area (Å²) in [6.45, 7) is 3.12. The van der Waals surface area contributed by atoms with E-state index in [4.69, 9.17) is 23.7 Å². The Labute approximate surface area is 194 Å². The number of hydrogen-bond donors (Lipinski definition) is 1. The minimum absolute atomic E-state index is 0.0992. The van der Waals surface area contributed by atoms with Gasteiger partial charge in [-0.05, 0) is 33.6 Å². The van der Waals surface area contributed by atoms with E-state index in [0.29, 0.717) is 0 Å². The van der Waals surface area contributed by atoms with Crippen LogP contribution in [0.15, 0.2) is 0 Å². The minimum atomic E-state index is -1.42. The maximum absolute atomic E-state index is 12.3. The van der Waals surface area contributed by atoms with Crippen LogP contribution in [0.25, 0.3) is 0 Å². The maximum Gasteiger partial charge on any atom is 0.508 e. The zero-order valence-electron chi connectivity index (χ0n) is 19.1. The molecule has 0 aliphatic rings. The van der Waals surface area contributed by atoms with Gasteiger partial charge in [0.15, 0.2) is 6.04 Å². The molecule has 1 unspecified atom stereocenters. The van der Waals surface area contributed by atoms with Gasteiger partial charge in [-0.3, -0.25) is 0 Å². The van der Waals surface area contributed by atoms with Crippen LogP contribution in [-0.4, -0.2) is 86.3 Å². The van der Waals surface area contributed by atoms with Crippen LogP contribution in [0.3, 0.4) is 0 Å². The van der Waals surface area contributed by atoms with Gasteiger partial charge in [0.05, 0.1) is 26.4 Å². The molecule has 0 spiro atoms. The van der Waals surface area contributed by atoms with E-state index in [1.54, 1.807) is 20.8 Å². The molecule has 1 amide bonds. The number of nitrogens with one attached hydrogen (secondary N) is 1. The number of esters is 1. The Morgan fingerprint density at radius 2 is 1.41 bits per heavy atom. The molecule has 17 nitrogen and oxygen atoms in total. The van der Waals surface area contributed by atoms with Crippen LogP contribution in [0.5, 0.6) is 0 Å². The van der Waals surface area contributed by atoms with Crippen LogP contribution < -0.4 is 5.32 Å². The number of alkyl carbamates (subject to hydrolysis) is 1. The molecule has 34 heavy (non-hydrogen) atoms. The van der Waals surface area contributed by atoms with Crippen LogP contribution in [0.1, 0.15) is 33.6 Å². The van der Waals surface area contributed by atoms with Crippen molar-refractivity contribution in [3.05, 3.63) is 20.2 Å². The number of unbranched alkanes of at least 4 members (excludes halogenated alkanes) is 1. The Morgan fingerprint density at radius 3 is 2.03 bits per heavy atom. The molecule has 0 radical (unpaired) electrons. The number of rotatable bonds is 17. The molecule has 0 aromatic heterocycles. The largest absolute Gasteiger partial charge is 0.508 e. The first-order valence-electron chi connectivity index (χ1n) is 9.98. The van der Waals surface area contributed by atoms with Crippen molar-refractivity contribution in [2.45, 2.75) is 45.3 Å². The predicted octanol–water partition coefficient (Wildman–Crippen LogP) is 0.790. The van der Waals surface area contributed by atoms with Crippen molar-refractivity contribution in [2.75, 3.05) is 46.2 Å². The van der Waals surface area contributed by atoms with Crippen molar-refractivity contribution in [1.29, 1.82) is 0 Å². The number of amides is 1. The monoisotopic (exact) mass is 499 g/mol. The standard InChI is InChI=1S/C17H29N3O14/c1-17(2,3)34-15(22)18-13(14(21)29-6-4-5-7-32-19(24)25)12-31-16(23)30-10-8-28-9-11-33-20(26)27/h13H,4-12H2,1-3H3,(H,18,22). The SMILES string of the molecule is CC(C)(C)OC(=O)NC(COC(=O)OCCOCCO[N+](=O)[O-])C(=O)OCCCCO[N+](=O)[O-]. The second-order valence-corrected chi connectivity index (χ2v) is 7.21. The average Bonchev–Trinajstić information content (AvgIpc) is 2.70. The maximum atomic E-state index is 12.3. The van der Waals surface area contributed by atoms with Gasteiger partial charge < -0.3 is 38.7 Å². The summed E-state index contributed by atoms with van der Waals surface area (Å²) in [6, 6.07) is -1.42. The van der Waals surface area contributed by atoms with E-state index in [-0.39, 0.29) is 52.5 Å². The van der Waals surface area contributed by atoms with E-state index >= 15 is 0 Å². The topological polar surface area (TPSA) is 214 Å². The van der Waals surface area contributed by atoms with Gasteiger partial charge in [-0.25, -0.2) is 14.4 Å². The molecular formula is C17H29N3O14. The highest BCUT2D eigenvalue weighted by Gasteiger charge is 2.27. The second kappa shape index (κ2) is 16.9. The van der Waals surface area contributed by atoms with Gasteiger partial charge in [0.2, 0.25) is 0 Å². The molecule has 0 aromatic carbocycles. The Bertz CT molecular complexity index is 666. The number of nitrogens with zero attached hydrogens (tertiary/aromatic N) is 2. The lowest BCUT2D eigenvalue weighted by Crippen LogP contribution is -2.47. The molecule has 1 atom stereocenters. The summed E-state index contributed by atoms with van der Waals surface area (Å²) in [6.07, 6.45) is -1.66. The van der Waals surface area contributed by atoms with Gasteiger partial charge in [-0.15, -0.1) is 20.2 Å². The number of ether oxygens (including phenoxy) is 5. The van der Waals surface area contributed by atoms with Gasteiger partial charge in [-0.2, -0.15) is 0 Å². The Morgan fingerprint density at radius 1 is 0.824 bits per heavy atom. The molecule has 0 saturated heterocycles. The van der Waals surface area contributed by atoms with Gasteiger partial charge >= 0.3 is 18.2 Å². The summed E-state index contributed by atoms with van der Waals surface area (Å²) in [4.78, 5) is 64.1. The van der Waals surface area contributed by atoms with Gasteiger partial charge in [-0.1, -0.05) is 0 Å². The third-order valence-electron chi connectivity index (χ3n) is 3.19. The van der Waals surface area contributed by atoms with E-state index in [1.165, 1.54) is 0 Å². The molecule has 0 heterocycles. The number of carbonyl (C=O) groups excluding carboxylic acids is 3. The summed E-state index contributed by atoms with van der Waals surface area (Å²) < 4.78 is 24.5. The molecule has 0 saturated carbocycles. The number of hydrogen-bond acceptors (Lipinski definition) is 14. The first kappa shape index (κ1) is 30.4. The normalized spacial score (nSPS) is 11.5. The van der Waals surface area contributed by atoms with Crippen molar-refractivity contribution >= 4 is 18.2 Å². The number of carbonyl (C=O) groups is 3. The zero-order chi connectivity index (χ0) is 26.0. The molecule has 0 bridgehead atoms. The van der Waals surface area contributed by atoms with E-state index in [9.17, 15) is 34.6 Å². The molecule has 0 aliphatic carbocycles. The molecular weight excluding hydrogens is 470 g/mol. The molecule has 0 fully saturated rings. The Kier molecular flexibility index (Phi) is 15.1. The van der Waals surface area contributed by atoms with Crippen LogP contribution in [0.4, 0.5) is 9.59 Å². The van der Waals surface area contributed by atoms with Crippen LogP contribution in [0, 0.1) is 20.2 Å². The lowest BCUT2D eigenvalue weighted by Gasteiger charge is -2.22. The highest BCUT2D eigenvalue weighted by Crippen LogP contribution is 2.07. The Balaban J connectivity index is 4.45. The smallest absolute Gasteiger partial charge is 0.464 e. The second-order valence-electron chi connectivity index (χ2n) is 7.21. The third kappa shape index (κ3) is 19.1. The summed E-state index contributed by atoms with van der Waals surface area (Å²) in [5, 5.41) is 20.3.